The summed E-state index contributed by atoms with van der Waals surface area (Å²) in [6.07, 6.45) is -2.33. The van der Waals surface area contributed by atoms with Gasteiger partial charge in [-0.15, -0.1) is 0 Å². The molecule has 2 aromatic rings. The van der Waals surface area contributed by atoms with Crippen molar-refractivity contribution in [2.24, 2.45) is 0 Å². The van der Waals surface area contributed by atoms with Gasteiger partial charge in [-0.05, 0) is 25.1 Å². The summed E-state index contributed by atoms with van der Waals surface area (Å²) in [5.41, 5.74) is 0.283. The number of pyridine rings is 1. The van der Waals surface area contributed by atoms with Gasteiger partial charge in [-0.25, -0.2) is 14.5 Å². The Kier molecular flexibility index (Phi) is 3.73. The second-order valence-corrected chi connectivity index (χ2v) is 3.94. The van der Waals surface area contributed by atoms with E-state index in [1.165, 1.54) is 23.1 Å². The van der Waals surface area contributed by atoms with Crippen molar-refractivity contribution >= 4 is 5.97 Å². The van der Waals surface area contributed by atoms with Crippen molar-refractivity contribution in [1.82, 2.24) is 14.8 Å². The summed E-state index contributed by atoms with van der Waals surface area (Å²) in [5.74, 6) is -1.14. The molecular weight excluding hydrogens is 275 g/mol. The molecule has 0 saturated heterocycles. The fraction of sp³-hybridized carbons (Fsp3) is 0.250. The summed E-state index contributed by atoms with van der Waals surface area (Å²) < 4.78 is 42.7. The van der Waals surface area contributed by atoms with Gasteiger partial charge in [0, 0.05) is 18.6 Å². The summed E-state index contributed by atoms with van der Waals surface area (Å²) >= 11 is 0. The van der Waals surface area contributed by atoms with Gasteiger partial charge in [0.1, 0.15) is 0 Å². The average Bonchev–Trinajstić information content (AvgIpc) is 2.91. The molecule has 0 spiro atoms. The standard InChI is InChI=1S/C12H10F3N3O2/c1-8(12(13,14)15)20-11(19)10-7-9(3-5-16-10)18-6-2-4-17-18/h2-8H,1H3/t8-/m0/s1. The molecule has 2 aromatic heterocycles. The van der Waals surface area contributed by atoms with E-state index >= 15 is 0 Å². The predicted octanol–water partition coefficient (Wildman–Crippen LogP) is 2.37. The summed E-state index contributed by atoms with van der Waals surface area (Å²) in [4.78, 5) is 15.3. The minimum atomic E-state index is -4.60. The van der Waals surface area contributed by atoms with E-state index in [0.29, 0.717) is 5.69 Å². The van der Waals surface area contributed by atoms with Gasteiger partial charge in [-0.2, -0.15) is 18.3 Å². The molecule has 0 aliphatic carbocycles. The smallest absolute Gasteiger partial charge is 0.425 e. The van der Waals surface area contributed by atoms with Crippen molar-refractivity contribution in [1.29, 1.82) is 0 Å². The molecule has 0 aliphatic heterocycles. The lowest BCUT2D eigenvalue weighted by Crippen LogP contribution is -2.31. The molecule has 8 heteroatoms. The molecule has 0 bridgehead atoms. The topological polar surface area (TPSA) is 57.0 Å². The summed E-state index contributed by atoms with van der Waals surface area (Å²) in [5, 5.41) is 3.94. The van der Waals surface area contributed by atoms with E-state index in [-0.39, 0.29) is 5.69 Å². The highest BCUT2D eigenvalue weighted by Gasteiger charge is 2.39. The van der Waals surface area contributed by atoms with Crippen LogP contribution in [0.25, 0.3) is 5.69 Å². The molecule has 106 valence electrons. The zero-order valence-corrected chi connectivity index (χ0v) is 10.3. The van der Waals surface area contributed by atoms with Crippen molar-refractivity contribution in [3.63, 3.8) is 0 Å². The molecule has 5 nitrogen and oxygen atoms in total. The van der Waals surface area contributed by atoms with Crippen LogP contribution in [0.15, 0.2) is 36.8 Å². The Labute approximate surface area is 112 Å². The number of ether oxygens (including phenoxy) is 1. The largest absolute Gasteiger partial charge is 0.448 e. The maximum absolute atomic E-state index is 12.3. The molecule has 20 heavy (non-hydrogen) atoms. The number of esters is 1. The van der Waals surface area contributed by atoms with Crippen molar-refractivity contribution in [2.75, 3.05) is 0 Å². The van der Waals surface area contributed by atoms with E-state index in [1.807, 2.05) is 0 Å². The number of hydrogen-bond acceptors (Lipinski definition) is 4. The highest BCUT2D eigenvalue weighted by molar-refractivity contribution is 5.87. The van der Waals surface area contributed by atoms with Gasteiger partial charge in [0.25, 0.3) is 0 Å². The SMILES string of the molecule is C[C@H](OC(=O)c1cc(-n2cccn2)ccn1)C(F)(F)F. The number of alkyl halides is 3. The molecule has 0 aliphatic rings. The third kappa shape index (κ3) is 3.14. The van der Waals surface area contributed by atoms with Gasteiger partial charge in [0.2, 0.25) is 0 Å². The van der Waals surface area contributed by atoms with Crippen LogP contribution in [0.2, 0.25) is 0 Å². The molecule has 0 amide bonds. The normalized spacial score (nSPS) is 13.0. The van der Waals surface area contributed by atoms with Crippen LogP contribution in [0.3, 0.4) is 0 Å². The van der Waals surface area contributed by atoms with Crippen LogP contribution in [-0.4, -0.2) is 33.0 Å². The van der Waals surface area contributed by atoms with Crippen molar-refractivity contribution in [3.05, 3.63) is 42.5 Å². The molecular formula is C12H10F3N3O2. The molecule has 2 rings (SSSR count). The van der Waals surface area contributed by atoms with Crippen molar-refractivity contribution < 1.29 is 22.7 Å². The fourth-order valence-electron chi connectivity index (χ4n) is 1.38. The van der Waals surface area contributed by atoms with Crippen LogP contribution < -0.4 is 0 Å². The zero-order valence-electron chi connectivity index (χ0n) is 10.3. The van der Waals surface area contributed by atoms with Gasteiger partial charge < -0.3 is 4.74 Å². The van der Waals surface area contributed by atoms with Crippen LogP contribution in [0.1, 0.15) is 17.4 Å². The summed E-state index contributed by atoms with van der Waals surface area (Å²) in [6.45, 7) is 0.759. The zero-order chi connectivity index (χ0) is 14.8. The fourth-order valence-corrected chi connectivity index (χ4v) is 1.38. The monoisotopic (exact) mass is 285 g/mol. The number of aromatic nitrogens is 3. The lowest BCUT2D eigenvalue weighted by Gasteiger charge is -2.16. The quantitative estimate of drug-likeness (QED) is 0.812. The van der Waals surface area contributed by atoms with Gasteiger partial charge >= 0.3 is 12.1 Å². The van der Waals surface area contributed by atoms with Crippen LogP contribution in [0.4, 0.5) is 13.2 Å². The number of nitrogens with zero attached hydrogens (tertiary/aromatic N) is 3. The Hall–Kier alpha value is -2.38. The molecule has 0 N–H and O–H groups in total. The first-order chi connectivity index (χ1) is 9.38. The van der Waals surface area contributed by atoms with Gasteiger partial charge in [-0.1, -0.05) is 0 Å². The summed E-state index contributed by atoms with van der Waals surface area (Å²) in [7, 11) is 0. The Balaban J connectivity index is 2.17. The molecule has 0 aromatic carbocycles. The minimum Gasteiger partial charge on any atom is -0.448 e. The van der Waals surface area contributed by atoms with Gasteiger partial charge in [0.15, 0.2) is 11.8 Å². The Bertz CT molecular complexity index is 596. The van der Waals surface area contributed by atoms with E-state index in [4.69, 9.17) is 0 Å². The lowest BCUT2D eigenvalue weighted by atomic mass is 10.3. The second-order valence-electron chi connectivity index (χ2n) is 3.94. The molecule has 0 radical (unpaired) electrons. The average molecular weight is 285 g/mol. The molecule has 1 atom stereocenters. The molecule has 2 heterocycles. The maximum atomic E-state index is 12.3. The first kappa shape index (κ1) is 14.0. The van der Waals surface area contributed by atoms with E-state index in [2.05, 4.69) is 14.8 Å². The van der Waals surface area contributed by atoms with E-state index in [1.54, 1.807) is 18.3 Å². The maximum Gasteiger partial charge on any atom is 0.425 e. The highest BCUT2D eigenvalue weighted by Crippen LogP contribution is 2.23. The molecule has 0 saturated carbocycles. The Morgan fingerprint density at radius 1 is 1.40 bits per heavy atom. The van der Waals surface area contributed by atoms with E-state index < -0.39 is 18.2 Å². The first-order valence-electron chi connectivity index (χ1n) is 5.61. The predicted molar refractivity (Wildman–Crippen MR) is 62.3 cm³/mol. The number of halogens is 3. The van der Waals surface area contributed by atoms with Gasteiger partial charge in [-0.3, -0.25) is 0 Å². The molecule has 0 unspecified atom stereocenters. The lowest BCUT2D eigenvalue weighted by molar-refractivity contribution is -0.198. The highest BCUT2D eigenvalue weighted by atomic mass is 19.4. The minimum absolute atomic E-state index is 0.214. The number of rotatable bonds is 3. The van der Waals surface area contributed by atoms with Crippen molar-refractivity contribution in [3.8, 4) is 5.69 Å². The Morgan fingerprint density at radius 3 is 2.75 bits per heavy atom. The van der Waals surface area contributed by atoms with Crippen LogP contribution >= 0.6 is 0 Å². The summed E-state index contributed by atoms with van der Waals surface area (Å²) in [6, 6.07) is 4.54. The molecule has 0 fully saturated rings. The number of carbonyl (C=O) groups is 1. The van der Waals surface area contributed by atoms with E-state index in [9.17, 15) is 18.0 Å². The second kappa shape index (κ2) is 5.32. The third-order valence-electron chi connectivity index (χ3n) is 2.47. The van der Waals surface area contributed by atoms with Crippen molar-refractivity contribution in [2.45, 2.75) is 19.2 Å². The van der Waals surface area contributed by atoms with Crippen LogP contribution in [0.5, 0.6) is 0 Å². The third-order valence-corrected chi connectivity index (χ3v) is 2.47. The first-order valence-corrected chi connectivity index (χ1v) is 5.61. The number of carbonyl (C=O) groups excluding carboxylic acids is 1. The Morgan fingerprint density at radius 2 is 2.15 bits per heavy atom. The van der Waals surface area contributed by atoms with Crippen LogP contribution in [0, 0.1) is 0 Å². The number of hydrogen-bond donors (Lipinski definition) is 0. The van der Waals surface area contributed by atoms with E-state index in [0.717, 1.165) is 6.92 Å². The van der Waals surface area contributed by atoms with Crippen LogP contribution in [-0.2, 0) is 4.74 Å². The van der Waals surface area contributed by atoms with Gasteiger partial charge in [0.05, 0.1) is 5.69 Å².